The largest absolute Gasteiger partial charge is 0.486 e. The van der Waals surface area contributed by atoms with Crippen molar-refractivity contribution in [2.24, 2.45) is 4.99 Å². The summed E-state index contributed by atoms with van der Waals surface area (Å²) in [6.07, 6.45) is 14.3. The van der Waals surface area contributed by atoms with Crippen LogP contribution in [0.15, 0.2) is 65.8 Å². The van der Waals surface area contributed by atoms with Crippen molar-refractivity contribution in [2.45, 2.75) is 31.8 Å². The lowest BCUT2D eigenvalue weighted by molar-refractivity contribution is 0.252. The van der Waals surface area contributed by atoms with Gasteiger partial charge in [0.2, 0.25) is 0 Å². The number of hydrogen-bond acceptors (Lipinski definition) is 3. The maximum absolute atomic E-state index is 6.10. The molecule has 126 valence electrons. The molecular formula is C21H21N3O. The molecule has 4 nitrogen and oxygen atoms in total. The standard InChI is InChI=1S/C21H21N3O/c1-15-20(16-10-12-22-13-11-16)21(24-23-15)17-6-5-9-19(14-17)25-18-7-3-2-4-8-18/h2-8,10,12-14,16,19H,9,11H2,1H3,(H,23,24). The molecule has 0 fully saturated rings. The Balaban J connectivity index is 1.62. The molecule has 2 heterocycles. The third-order valence-electron chi connectivity index (χ3n) is 4.57. The third kappa shape index (κ3) is 3.33. The normalized spacial score (nSPS) is 22.0. The highest BCUT2D eigenvalue weighted by Crippen LogP contribution is 2.33. The highest BCUT2D eigenvalue weighted by Gasteiger charge is 2.22. The number of rotatable bonds is 4. The van der Waals surface area contributed by atoms with Crippen LogP contribution < -0.4 is 4.74 Å². The van der Waals surface area contributed by atoms with Crippen LogP contribution in [-0.4, -0.2) is 22.5 Å². The number of hydrogen-bond donors (Lipinski definition) is 1. The van der Waals surface area contributed by atoms with Crippen LogP contribution in [0.2, 0.25) is 0 Å². The minimum Gasteiger partial charge on any atom is -0.486 e. The maximum atomic E-state index is 6.10. The lowest BCUT2D eigenvalue weighted by atomic mass is 9.89. The van der Waals surface area contributed by atoms with Crippen LogP contribution in [0.4, 0.5) is 0 Å². The number of nitrogens with zero attached hydrogens (tertiary/aromatic N) is 2. The van der Waals surface area contributed by atoms with Crippen molar-refractivity contribution in [1.29, 1.82) is 0 Å². The highest BCUT2D eigenvalue weighted by atomic mass is 16.5. The Morgan fingerprint density at radius 2 is 2.04 bits per heavy atom. The fourth-order valence-electron chi connectivity index (χ4n) is 3.36. The van der Waals surface area contributed by atoms with Gasteiger partial charge in [0.25, 0.3) is 0 Å². The Kier molecular flexibility index (Phi) is 4.34. The van der Waals surface area contributed by atoms with Crippen molar-refractivity contribution in [3.05, 3.63) is 77.8 Å². The topological polar surface area (TPSA) is 50.3 Å². The zero-order valence-electron chi connectivity index (χ0n) is 14.2. The van der Waals surface area contributed by atoms with Crippen molar-refractivity contribution in [2.75, 3.05) is 0 Å². The van der Waals surface area contributed by atoms with Gasteiger partial charge in [-0.25, -0.2) is 0 Å². The number of ether oxygens (including phenoxy) is 1. The SMILES string of the molecule is Cc1[nH]nc(C2=CC(Oc3ccccc3)CC=C2)c1C1C=CN=CC1. The number of aryl methyl sites for hydroxylation is 1. The Morgan fingerprint density at radius 1 is 1.16 bits per heavy atom. The Bertz CT molecular complexity index is 859. The number of benzene rings is 1. The first-order valence-electron chi connectivity index (χ1n) is 8.65. The predicted octanol–water partition coefficient (Wildman–Crippen LogP) is 4.58. The number of para-hydroxylation sites is 1. The molecule has 25 heavy (non-hydrogen) atoms. The second kappa shape index (κ2) is 6.93. The van der Waals surface area contributed by atoms with E-state index in [4.69, 9.17) is 4.74 Å². The molecule has 1 aliphatic carbocycles. The summed E-state index contributed by atoms with van der Waals surface area (Å²) in [6.45, 7) is 2.08. The van der Waals surface area contributed by atoms with Gasteiger partial charge in [-0.05, 0) is 31.6 Å². The maximum Gasteiger partial charge on any atom is 0.121 e. The summed E-state index contributed by atoms with van der Waals surface area (Å²) in [5.74, 6) is 1.21. The van der Waals surface area contributed by atoms with E-state index in [1.807, 2.05) is 42.7 Å². The molecule has 0 radical (unpaired) electrons. The average molecular weight is 331 g/mol. The van der Waals surface area contributed by atoms with Gasteiger partial charge in [0.05, 0.1) is 5.69 Å². The van der Waals surface area contributed by atoms with Crippen LogP contribution in [0.5, 0.6) is 5.75 Å². The molecule has 1 aromatic heterocycles. The van der Waals surface area contributed by atoms with Crippen molar-refractivity contribution < 1.29 is 4.74 Å². The lowest BCUT2D eigenvalue weighted by Gasteiger charge is -2.20. The van der Waals surface area contributed by atoms with Crippen LogP contribution in [-0.2, 0) is 0 Å². The number of aliphatic imine (C=N–C) groups is 1. The fourth-order valence-corrected chi connectivity index (χ4v) is 3.36. The van der Waals surface area contributed by atoms with E-state index in [9.17, 15) is 0 Å². The summed E-state index contributed by atoms with van der Waals surface area (Å²) in [7, 11) is 0. The Morgan fingerprint density at radius 3 is 2.84 bits per heavy atom. The minimum absolute atomic E-state index is 0.0238. The zero-order chi connectivity index (χ0) is 17.1. The molecule has 2 unspecified atom stereocenters. The van der Waals surface area contributed by atoms with Gasteiger partial charge in [-0.15, -0.1) is 0 Å². The summed E-state index contributed by atoms with van der Waals surface area (Å²) in [4.78, 5) is 4.18. The first-order chi connectivity index (χ1) is 12.3. The zero-order valence-corrected chi connectivity index (χ0v) is 14.2. The monoisotopic (exact) mass is 331 g/mol. The van der Waals surface area contributed by atoms with Gasteiger partial charge in [-0.1, -0.05) is 36.4 Å². The molecule has 0 saturated carbocycles. The second-order valence-electron chi connectivity index (χ2n) is 6.36. The molecule has 2 aromatic rings. The minimum atomic E-state index is 0.0238. The first-order valence-corrected chi connectivity index (χ1v) is 8.65. The number of nitrogens with one attached hydrogen (secondary N) is 1. The van der Waals surface area contributed by atoms with Gasteiger partial charge in [0, 0.05) is 41.6 Å². The van der Waals surface area contributed by atoms with Crippen LogP contribution in [0.1, 0.15) is 35.7 Å². The van der Waals surface area contributed by atoms with E-state index in [2.05, 4.69) is 46.4 Å². The van der Waals surface area contributed by atoms with E-state index < -0.39 is 0 Å². The molecule has 0 spiro atoms. The molecule has 2 aliphatic rings. The van der Waals surface area contributed by atoms with E-state index >= 15 is 0 Å². The summed E-state index contributed by atoms with van der Waals surface area (Å²) in [5.41, 5.74) is 4.49. The van der Waals surface area contributed by atoms with E-state index in [1.54, 1.807) is 0 Å². The van der Waals surface area contributed by atoms with Crippen LogP contribution >= 0.6 is 0 Å². The molecule has 1 aliphatic heterocycles. The van der Waals surface area contributed by atoms with Crippen LogP contribution in [0.3, 0.4) is 0 Å². The second-order valence-corrected chi connectivity index (χ2v) is 6.36. The molecule has 4 rings (SSSR count). The number of aromatic amines is 1. The lowest BCUT2D eigenvalue weighted by Crippen LogP contribution is -2.15. The number of aromatic nitrogens is 2. The molecule has 0 bridgehead atoms. The van der Waals surface area contributed by atoms with Gasteiger partial charge in [0.1, 0.15) is 11.9 Å². The molecule has 0 amide bonds. The number of allylic oxidation sites excluding steroid dienone is 3. The van der Waals surface area contributed by atoms with Gasteiger partial charge in [0.15, 0.2) is 0 Å². The van der Waals surface area contributed by atoms with Crippen LogP contribution in [0, 0.1) is 6.92 Å². The smallest absolute Gasteiger partial charge is 0.121 e. The van der Waals surface area contributed by atoms with Crippen molar-refractivity contribution in [3.63, 3.8) is 0 Å². The average Bonchev–Trinajstić information content (AvgIpc) is 3.05. The van der Waals surface area contributed by atoms with Gasteiger partial charge in [-0.3, -0.25) is 10.1 Å². The van der Waals surface area contributed by atoms with Crippen molar-refractivity contribution in [1.82, 2.24) is 10.2 Å². The molecule has 1 N–H and O–H groups in total. The van der Waals surface area contributed by atoms with Gasteiger partial charge in [-0.2, -0.15) is 5.10 Å². The Hall–Kier alpha value is -2.88. The highest BCUT2D eigenvalue weighted by molar-refractivity contribution is 5.77. The number of H-pyrrole nitrogens is 1. The van der Waals surface area contributed by atoms with Crippen LogP contribution in [0.25, 0.3) is 5.57 Å². The quantitative estimate of drug-likeness (QED) is 0.891. The molecule has 4 heteroatoms. The Labute approximate surface area is 147 Å². The van der Waals surface area contributed by atoms with Crippen molar-refractivity contribution in [3.8, 4) is 5.75 Å². The fraction of sp³-hybridized carbons (Fsp3) is 0.238. The first kappa shape index (κ1) is 15.6. The summed E-state index contributed by atoms with van der Waals surface area (Å²) >= 11 is 0. The van der Waals surface area contributed by atoms with Gasteiger partial charge >= 0.3 is 0 Å². The summed E-state index contributed by atoms with van der Waals surface area (Å²) in [6, 6.07) is 9.95. The van der Waals surface area contributed by atoms with E-state index in [-0.39, 0.29) is 6.10 Å². The van der Waals surface area contributed by atoms with Gasteiger partial charge < -0.3 is 4.74 Å². The van der Waals surface area contributed by atoms with E-state index in [0.29, 0.717) is 5.92 Å². The van der Waals surface area contributed by atoms with E-state index in [0.717, 1.165) is 35.6 Å². The predicted molar refractivity (Wildman–Crippen MR) is 101 cm³/mol. The molecular weight excluding hydrogens is 310 g/mol. The molecule has 2 atom stereocenters. The van der Waals surface area contributed by atoms with E-state index in [1.165, 1.54) is 5.56 Å². The molecule has 1 aromatic carbocycles. The van der Waals surface area contributed by atoms with Crippen molar-refractivity contribution >= 4 is 11.8 Å². The summed E-state index contributed by atoms with van der Waals surface area (Å²) in [5, 5.41) is 7.73. The third-order valence-corrected chi connectivity index (χ3v) is 4.57. The molecule has 0 saturated heterocycles. The summed E-state index contributed by atoms with van der Waals surface area (Å²) < 4.78 is 6.10.